The van der Waals surface area contributed by atoms with Gasteiger partial charge in [-0.25, -0.2) is 9.59 Å². The number of carboxylic acids is 1. The molecule has 198 valence electrons. The SMILES string of the molecule is COC(=O)c1cc(C)ccc1O[C@@H]1CN(C(=O)c2ccccc2)[C@](C)(C(=O)O)[C@H]1CC(=O)OC(C)(C)C. The summed E-state index contributed by atoms with van der Waals surface area (Å²) in [5.41, 5.74) is -1.34. The summed E-state index contributed by atoms with van der Waals surface area (Å²) in [5, 5.41) is 10.4. The van der Waals surface area contributed by atoms with E-state index in [2.05, 4.69) is 0 Å². The lowest BCUT2D eigenvalue weighted by atomic mass is 9.82. The number of rotatable bonds is 7. The standard InChI is InChI=1S/C28H33NO8/c1-17-12-13-21(19(14-17)25(32)35-6)36-22-16-29(24(31)18-10-8-7-9-11-18)28(5,26(33)34)20(22)15-23(30)37-27(2,3)4/h7-14,20,22H,15-16H2,1-6H3,(H,33,34)/t20-,22+,28-/m0/s1. The van der Waals surface area contributed by atoms with Crippen molar-refractivity contribution < 1.29 is 38.5 Å². The van der Waals surface area contributed by atoms with Crippen LogP contribution in [0.5, 0.6) is 5.75 Å². The number of hydrogen-bond acceptors (Lipinski definition) is 7. The van der Waals surface area contributed by atoms with Gasteiger partial charge in [0.15, 0.2) is 0 Å². The predicted molar refractivity (Wildman–Crippen MR) is 134 cm³/mol. The average molecular weight is 512 g/mol. The predicted octanol–water partition coefficient (Wildman–Crippen LogP) is 3.88. The van der Waals surface area contributed by atoms with Gasteiger partial charge in [-0.3, -0.25) is 9.59 Å². The third kappa shape index (κ3) is 5.93. The van der Waals surface area contributed by atoms with E-state index in [0.29, 0.717) is 5.56 Å². The summed E-state index contributed by atoms with van der Waals surface area (Å²) in [6, 6.07) is 13.2. The Morgan fingerprint density at radius 3 is 2.30 bits per heavy atom. The van der Waals surface area contributed by atoms with Gasteiger partial charge in [-0.2, -0.15) is 0 Å². The van der Waals surface area contributed by atoms with Crippen molar-refractivity contribution in [2.45, 2.75) is 58.3 Å². The minimum atomic E-state index is -1.80. The van der Waals surface area contributed by atoms with E-state index < -0.39 is 47.0 Å². The monoisotopic (exact) mass is 511 g/mol. The van der Waals surface area contributed by atoms with Crippen LogP contribution in [-0.2, 0) is 19.1 Å². The number of amides is 1. The second-order valence-electron chi connectivity index (χ2n) is 10.3. The third-order valence-corrected chi connectivity index (χ3v) is 6.42. The highest BCUT2D eigenvalue weighted by molar-refractivity contribution is 5.99. The number of aryl methyl sites for hydroxylation is 1. The first-order valence-corrected chi connectivity index (χ1v) is 12.0. The Bertz CT molecular complexity index is 1190. The van der Waals surface area contributed by atoms with Gasteiger partial charge in [-0.05, 0) is 58.9 Å². The van der Waals surface area contributed by atoms with Crippen molar-refractivity contribution in [3.8, 4) is 5.75 Å². The summed E-state index contributed by atoms with van der Waals surface area (Å²) in [4.78, 5) is 52.8. The molecule has 2 aromatic carbocycles. The highest BCUT2D eigenvalue weighted by atomic mass is 16.6. The fraction of sp³-hybridized carbons (Fsp3) is 0.429. The fourth-order valence-electron chi connectivity index (χ4n) is 4.55. The highest BCUT2D eigenvalue weighted by Crippen LogP contribution is 2.41. The van der Waals surface area contributed by atoms with Gasteiger partial charge in [0.2, 0.25) is 0 Å². The molecule has 2 aromatic rings. The quantitative estimate of drug-likeness (QED) is 0.557. The molecule has 0 saturated carbocycles. The molecule has 1 N–H and O–H groups in total. The zero-order valence-electron chi connectivity index (χ0n) is 21.9. The Morgan fingerprint density at radius 2 is 1.73 bits per heavy atom. The molecule has 3 atom stereocenters. The number of methoxy groups -OCH3 is 1. The van der Waals surface area contributed by atoms with E-state index in [1.807, 2.05) is 0 Å². The summed E-state index contributed by atoms with van der Waals surface area (Å²) in [7, 11) is 1.25. The van der Waals surface area contributed by atoms with Crippen LogP contribution in [0.2, 0.25) is 0 Å². The Balaban J connectivity index is 2.07. The van der Waals surface area contributed by atoms with E-state index in [9.17, 15) is 24.3 Å². The fourth-order valence-corrected chi connectivity index (χ4v) is 4.55. The number of carbonyl (C=O) groups excluding carboxylic acids is 3. The number of nitrogens with zero attached hydrogens (tertiary/aromatic N) is 1. The van der Waals surface area contributed by atoms with Gasteiger partial charge in [0.05, 0.1) is 20.1 Å². The number of ether oxygens (including phenoxy) is 3. The molecular weight excluding hydrogens is 478 g/mol. The molecule has 1 fully saturated rings. The van der Waals surface area contributed by atoms with Crippen molar-refractivity contribution in [2.75, 3.05) is 13.7 Å². The normalized spacial score (nSPS) is 21.3. The van der Waals surface area contributed by atoms with E-state index in [1.165, 1.54) is 18.9 Å². The average Bonchev–Trinajstić information content (AvgIpc) is 3.11. The number of hydrogen-bond donors (Lipinski definition) is 1. The highest BCUT2D eigenvalue weighted by Gasteiger charge is 2.59. The van der Waals surface area contributed by atoms with Gasteiger partial charge < -0.3 is 24.2 Å². The van der Waals surface area contributed by atoms with Crippen LogP contribution in [-0.4, -0.2) is 64.7 Å². The van der Waals surface area contributed by atoms with E-state index in [4.69, 9.17) is 14.2 Å². The first kappa shape index (κ1) is 27.7. The summed E-state index contributed by atoms with van der Waals surface area (Å²) < 4.78 is 16.6. The third-order valence-electron chi connectivity index (χ3n) is 6.42. The molecule has 1 aliphatic rings. The summed E-state index contributed by atoms with van der Waals surface area (Å²) >= 11 is 0. The number of carbonyl (C=O) groups is 4. The molecule has 0 aromatic heterocycles. The lowest BCUT2D eigenvalue weighted by molar-refractivity contribution is -0.159. The largest absolute Gasteiger partial charge is 0.487 e. The number of esters is 2. The Hall–Kier alpha value is -3.88. The number of benzene rings is 2. The molecule has 1 amide bonds. The molecule has 0 radical (unpaired) electrons. The van der Waals surface area contributed by atoms with Crippen molar-refractivity contribution in [1.29, 1.82) is 0 Å². The zero-order valence-corrected chi connectivity index (χ0v) is 21.9. The molecule has 0 bridgehead atoms. The van der Waals surface area contributed by atoms with Crippen molar-refractivity contribution in [1.82, 2.24) is 4.90 Å². The maximum absolute atomic E-state index is 13.5. The Morgan fingerprint density at radius 1 is 1.08 bits per heavy atom. The van der Waals surface area contributed by atoms with Crippen molar-refractivity contribution in [3.05, 3.63) is 65.2 Å². The second-order valence-corrected chi connectivity index (χ2v) is 10.3. The summed E-state index contributed by atoms with van der Waals surface area (Å²) in [6.45, 7) is 8.22. The molecule has 0 unspecified atom stereocenters. The van der Waals surface area contributed by atoms with Crippen molar-refractivity contribution >= 4 is 23.8 Å². The molecule has 1 saturated heterocycles. The van der Waals surface area contributed by atoms with Crippen LogP contribution in [0.15, 0.2) is 48.5 Å². The van der Waals surface area contributed by atoms with Crippen LogP contribution < -0.4 is 4.74 Å². The van der Waals surface area contributed by atoms with Gasteiger partial charge in [0.25, 0.3) is 5.91 Å². The zero-order chi connectivity index (χ0) is 27.5. The molecule has 9 heteroatoms. The van der Waals surface area contributed by atoms with Crippen molar-refractivity contribution in [2.24, 2.45) is 5.92 Å². The first-order valence-electron chi connectivity index (χ1n) is 12.0. The maximum Gasteiger partial charge on any atom is 0.341 e. The van der Waals surface area contributed by atoms with Crippen LogP contribution in [0, 0.1) is 12.8 Å². The lowest BCUT2D eigenvalue weighted by Crippen LogP contribution is -2.55. The molecule has 37 heavy (non-hydrogen) atoms. The number of likely N-dealkylation sites (tertiary alicyclic amines) is 1. The van der Waals surface area contributed by atoms with Crippen LogP contribution in [0.3, 0.4) is 0 Å². The molecule has 0 spiro atoms. The first-order chi connectivity index (χ1) is 17.3. The molecule has 1 aliphatic heterocycles. The Labute approximate surface area is 216 Å². The summed E-state index contributed by atoms with van der Waals surface area (Å²) in [6.07, 6.45) is -1.25. The number of aliphatic carboxylic acids is 1. The van der Waals surface area contributed by atoms with Crippen LogP contribution in [0.25, 0.3) is 0 Å². The van der Waals surface area contributed by atoms with E-state index in [1.54, 1.807) is 76.2 Å². The molecular formula is C28H33NO8. The molecule has 1 heterocycles. The minimum absolute atomic E-state index is 0.127. The maximum atomic E-state index is 13.5. The van der Waals surface area contributed by atoms with Gasteiger partial charge >= 0.3 is 17.9 Å². The molecule has 9 nitrogen and oxygen atoms in total. The van der Waals surface area contributed by atoms with Crippen molar-refractivity contribution in [3.63, 3.8) is 0 Å². The smallest absolute Gasteiger partial charge is 0.341 e. The van der Waals surface area contributed by atoms with E-state index in [0.717, 1.165) is 5.56 Å². The van der Waals surface area contributed by atoms with E-state index >= 15 is 0 Å². The Kier molecular flexibility index (Phi) is 7.95. The summed E-state index contributed by atoms with van der Waals surface area (Å²) in [5.74, 6) is -3.86. The van der Waals surface area contributed by atoms with Gasteiger partial charge in [0, 0.05) is 11.5 Å². The minimum Gasteiger partial charge on any atom is -0.487 e. The van der Waals surface area contributed by atoms with Crippen LogP contribution in [0.1, 0.15) is 60.4 Å². The lowest BCUT2D eigenvalue weighted by Gasteiger charge is -2.35. The second kappa shape index (κ2) is 10.6. The molecule has 3 rings (SSSR count). The molecule has 0 aliphatic carbocycles. The van der Waals surface area contributed by atoms with Gasteiger partial charge in [0.1, 0.15) is 28.6 Å². The van der Waals surface area contributed by atoms with Crippen LogP contribution in [0.4, 0.5) is 0 Å². The van der Waals surface area contributed by atoms with Crippen LogP contribution >= 0.6 is 0 Å². The number of carboxylic acid groups (broad SMARTS) is 1. The van der Waals surface area contributed by atoms with Gasteiger partial charge in [-0.1, -0.05) is 29.8 Å². The topological polar surface area (TPSA) is 119 Å². The van der Waals surface area contributed by atoms with Gasteiger partial charge in [-0.15, -0.1) is 0 Å². The van der Waals surface area contributed by atoms with E-state index in [-0.39, 0.29) is 24.3 Å².